The molecule has 1 heterocycles. The van der Waals surface area contributed by atoms with Crippen molar-refractivity contribution in [1.29, 1.82) is 0 Å². The van der Waals surface area contributed by atoms with E-state index in [2.05, 4.69) is 38.0 Å². The van der Waals surface area contributed by atoms with Crippen molar-refractivity contribution >= 4 is 5.91 Å². The van der Waals surface area contributed by atoms with Crippen LogP contribution >= 0.6 is 0 Å². The third-order valence-corrected chi connectivity index (χ3v) is 4.76. The Morgan fingerprint density at radius 3 is 2.89 bits per heavy atom. The van der Waals surface area contributed by atoms with Crippen LogP contribution in [0.4, 0.5) is 0 Å². The second-order valence-electron chi connectivity index (χ2n) is 6.63. The first-order chi connectivity index (χ1) is 8.98. The molecule has 0 bridgehead atoms. The quantitative estimate of drug-likeness (QED) is 0.745. The summed E-state index contributed by atoms with van der Waals surface area (Å²) in [6, 6.07) is 0.469. The highest BCUT2D eigenvalue weighted by Gasteiger charge is 2.60. The number of hydrogen-bond donors (Lipinski definition) is 1. The smallest absolute Gasteiger partial charge is 0.234 e. The number of nitrogens with one attached hydrogen (secondary N) is 1. The van der Waals surface area contributed by atoms with Crippen LogP contribution in [0.15, 0.2) is 0 Å². The molecule has 0 aromatic carbocycles. The van der Waals surface area contributed by atoms with E-state index in [1.165, 1.54) is 0 Å². The number of hydrogen-bond acceptors (Lipinski definition) is 3. The van der Waals surface area contributed by atoms with Gasteiger partial charge in [-0.25, -0.2) is 0 Å². The van der Waals surface area contributed by atoms with Gasteiger partial charge in [0.15, 0.2) is 0 Å². The summed E-state index contributed by atoms with van der Waals surface area (Å²) in [5.74, 6) is 0.762. The number of nitrogens with zero attached hydrogens (tertiary/aromatic N) is 1. The molecular weight excluding hydrogens is 240 g/mol. The zero-order valence-corrected chi connectivity index (χ0v) is 12.7. The van der Waals surface area contributed by atoms with E-state index in [4.69, 9.17) is 4.74 Å². The third kappa shape index (κ3) is 2.79. The van der Waals surface area contributed by atoms with Gasteiger partial charge in [0.05, 0.1) is 12.6 Å². The number of rotatable bonds is 6. The Morgan fingerprint density at radius 1 is 1.47 bits per heavy atom. The molecule has 0 aromatic heterocycles. The van der Waals surface area contributed by atoms with Gasteiger partial charge in [0.1, 0.15) is 0 Å². The minimum atomic E-state index is 0.147. The monoisotopic (exact) mass is 268 g/mol. The van der Waals surface area contributed by atoms with Crippen molar-refractivity contribution in [3.63, 3.8) is 0 Å². The lowest BCUT2D eigenvalue weighted by atomic mass is 9.57. The van der Waals surface area contributed by atoms with Crippen molar-refractivity contribution in [1.82, 2.24) is 10.2 Å². The SMILES string of the molecule is CCCCNC(=O)CN(C)[C@@H]1[C@@H]2CCO[C@H]2C1(C)C. The fraction of sp³-hybridized carbons (Fsp3) is 0.933. The zero-order valence-electron chi connectivity index (χ0n) is 12.7. The largest absolute Gasteiger partial charge is 0.377 e. The van der Waals surface area contributed by atoms with Gasteiger partial charge in [0, 0.05) is 30.5 Å². The highest BCUT2D eigenvalue weighted by molar-refractivity contribution is 5.78. The summed E-state index contributed by atoms with van der Waals surface area (Å²) in [7, 11) is 2.07. The van der Waals surface area contributed by atoms with E-state index in [1.54, 1.807) is 0 Å². The van der Waals surface area contributed by atoms with Gasteiger partial charge < -0.3 is 10.1 Å². The number of fused-ring (bicyclic) bond motifs is 1. The Morgan fingerprint density at radius 2 is 2.21 bits per heavy atom. The van der Waals surface area contributed by atoms with Gasteiger partial charge in [-0.05, 0) is 19.9 Å². The second-order valence-corrected chi connectivity index (χ2v) is 6.63. The van der Waals surface area contributed by atoms with E-state index in [0.717, 1.165) is 32.4 Å². The summed E-state index contributed by atoms with van der Waals surface area (Å²) in [5.41, 5.74) is 0.166. The molecule has 1 amide bonds. The van der Waals surface area contributed by atoms with Crippen LogP contribution in [0.1, 0.15) is 40.0 Å². The summed E-state index contributed by atoms with van der Waals surface area (Å²) in [6.45, 7) is 8.83. The number of unbranched alkanes of at least 4 members (excludes halogenated alkanes) is 1. The lowest BCUT2D eigenvalue weighted by Gasteiger charge is -2.57. The molecule has 1 saturated heterocycles. The standard InChI is InChI=1S/C15H28N2O2/c1-5-6-8-16-12(18)10-17(4)13-11-7-9-19-14(11)15(13,2)3/h11,13-14H,5-10H2,1-4H3,(H,16,18)/t11-,13+,14+/m0/s1. The summed E-state index contributed by atoms with van der Waals surface area (Å²) in [4.78, 5) is 14.1. The Balaban J connectivity index is 1.83. The van der Waals surface area contributed by atoms with Gasteiger partial charge in [0.25, 0.3) is 0 Å². The average molecular weight is 268 g/mol. The second kappa shape index (κ2) is 5.80. The first-order valence-electron chi connectivity index (χ1n) is 7.57. The van der Waals surface area contributed by atoms with E-state index >= 15 is 0 Å². The first-order valence-corrected chi connectivity index (χ1v) is 7.57. The van der Waals surface area contributed by atoms with E-state index < -0.39 is 0 Å². The zero-order chi connectivity index (χ0) is 14.0. The van der Waals surface area contributed by atoms with Crippen LogP contribution in [0, 0.1) is 11.3 Å². The molecule has 19 heavy (non-hydrogen) atoms. The highest BCUT2D eigenvalue weighted by atomic mass is 16.5. The van der Waals surface area contributed by atoms with Crippen molar-refractivity contribution in [2.45, 2.75) is 52.2 Å². The lowest BCUT2D eigenvalue weighted by Crippen LogP contribution is -2.66. The maximum Gasteiger partial charge on any atom is 0.234 e. The molecule has 0 radical (unpaired) electrons. The predicted molar refractivity (Wildman–Crippen MR) is 76.0 cm³/mol. The fourth-order valence-corrected chi connectivity index (χ4v) is 3.98. The molecule has 3 atom stereocenters. The van der Waals surface area contributed by atoms with Crippen molar-refractivity contribution < 1.29 is 9.53 Å². The number of likely N-dealkylation sites (N-methyl/N-ethyl adjacent to an activating group) is 1. The van der Waals surface area contributed by atoms with E-state index in [-0.39, 0.29) is 11.3 Å². The number of carbonyl (C=O) groups is 1. The van der Waals surface area contributed by atoms with Crippen LogP contribution in [0.25, 0.3) is 0 Å². The van der Waals surface area contributed by atoms with Crippen LogP contribution < -0.4 is 5.32 Å². The maximum atomic E-state index is 11.9. The molecule has 1 saturated carbocycles. The molecule has 0 aromatic rings. The molecule has 0 unspecified atom stereocenters. The molecule has 1 N–H and O–H groups in total. The van der Waals surface area contributed by atoms with Gasteiger partial charge in [0.2, 0.25) is 5.91 Å². The van der Waals surface area contributed by atoms with Crippen LogP contribution in [-0.2, 0) is 9.53 Å². The van der Waals surface area contributed by atoms with Gasteiger partial charge in [-0.15, -0.1) is 0 Å². The minimum absolute atomic E-state index is 0.147. The number of ether oxygens (including phenoxy) is 1. The van der Waals surface area contributed by atoms with Gasteiger partial charge in [-0.2, -0.15) is 0 Å². The molecular formula is C15H28N2O2. The average Bonchev–Trinajstić information content (AvgIpc) is 2.75. The topological polar surface area (TPSA) is 41.6 Å². The molecule has 4 heteroatoms. The van der Waals surface area contributed by atoms with Crippen LogP contribution in [0.2, 0.25) is 0 Å². The van der Waals surface area contributed by atoms with E-state index in [1.807, 2.05) is 0 Å². The number of carbonyl (C=O) groups excluding carboxylic acids is 1. The fourth-order valence-electron chi connectivity index (χ4n) is 3.98. The van der Waals surface area contributed by atoms with Crippen molar-refractivity contribution in [2.24, 2.45) is 11.3 Å². The third-order valence-electron chi connectivity index (χ3n) is 4.76. The minimum Gasteiger partial charge on any atom is -0.377 e. The number of amides is 1. The van der Waals surface area contributed by atoms with Gasteiger partial charge in [-0.1, -0.05) is 27.2 Å². The van der Waals surface area contributed by atoms with Crippen LogP contribution in [-0.4, -0.2) is 49.7 Å². The Bertz CT molecular complexity index is 330. The maximum absolute atomic E-state index is 11.9. The molecule has 2 rings (SSSR count). The molecule has 0 spiro atoms. The summed E-state index contributed by atoms with van der Waals surface area (Å²) < 4.78 is 5.80. The van der Waals surface area contributed by atoms with Gasteiger partial charge in [-0.3, -0.25) is 9.69 Å². The molecule has 2 aliphatic rings. The Hall–Kier alpha value is -0.610. The van der Waals surface area contributed by atoms with Crippen LogP contribution in [0.3, 0.4) is 0 Å². The summed E-state index contributed by atoms with van der Waals surface area (Å²) in [5, 5.41) is 2.99. The highest BCUT2D eigenvalue weighted by Crippen LogP contribution is 2.54. The molecule has 4 nitrogen and oxygen atoms in total. The summed E-state index contributed by atoms with van der Waals surface area (Å²) >= 11 is 0. The van der Waals surface area contributed by atoms with Crippen molar-refractivity contribution in [3.05, 3.63) is 0 Å². The summed E-state index contributed by atoms with van der Waals surface area (Å²) in [6.07, 6.45) is 3.71. The Labute approximate surface area is 116 Å². The van der Waals surface area contributed by atoms with Crippen LogP contribution in [0.5, 0.6) is 0 Å². The van der Waals surface area contributed by atoms with Crippen molar-refractivity contribution in [3.8, 4) is 0 Å². The molecule has 1 aliphatic heterocycles. The van der Waals surface area contributed by atoms with Gasteiger partial charge >= 0.3 is 0 Å². The predicted octanol–water partition coefficient (Wildman–Crippen LogP) is 1.65. The van der Waals surface area contributed by atoms with E-state index in [9.17, 15) is 4.79 Å². The Kier molecular flexibility index (Phi) is 4.51. The van der Waals surface area contributed by atoms with E-state index in [0.29, 0.717) is 24.6 Å². The molecule has 1 aliphatic carbocycles. The molecule has 110 valence electrons. The molecule has 2 fully saturated rings. The normalized spacial score (nSPS) is 31.9. The van der Waals surface area contributed by atoms with Crippen molar-refractivity contribution in [2.75, 3.05) is 26.7 Å². The first kappa shape index (κ1) is 14.8. The lowest BCUT2D eigenvalue weighted by molar-refractivity contribution is -0.154.